The highest BCUT2D eigenvalue weighted by Gasteiger charge is 2.12. The Hall–Kier alpha value is -1.93. The smallest absolute Gasteiger partial charge is 0.234 e. The van der Waals surface area contributed by atoms with E-state index in [1.807, 2.05) is 11.5 Å². The Labute approximate surface area is 125 Å². The highest BCUT2D eigenvalue weighted by molar-refractivity contribution is 7.99. The normalized spacial score (nSPS) is 10.6. The molecule has 2 rings (SSSR count). The largest absolute Gasteiger partial charge is 0.324 e. The van der Waals surface area contributed by atoms with Crippen molar-refractivity contribution in [2.75, 3.05) is 11.1 Å². The van der Waals surface area contributed by atoms with Crippen LogP contribution in [0.2, 0.25) is 0 Å². The van der Waals surface area contributed by atoms with E-state index in [1.54, 1.807) is 12.1 Å². The van der Waals surface area contributed by atoms with Crippen molar-refractivity contribution in [3.05, 3.63) is 35.9 Å². The molecule has 0 atom stereocenters. The number of amides is 1. The number of rotatable bonds is 6. The molecule has 1 aromatic heterocycles. The molecule has 0 fully saturated rings. The summed E-state index contributed by atoms with van der Waals surface area (Å²) in [4.78, 5) is 11.8. The second-order valence-electron chi connectivity index (χ2n) is 4.16. The fraction of sp³-hybridized carbons (Fsp3) is 0.308. The van der Waals surface area contributed by atoms with Gasteiger partial charge in [0, 0.05) is 6.54 Å². The third kappa shape index (κ3) is 3.79. The number of nitrogens with zero attached hydrogens (tertiary/aromatic N) is 3. The lowest BCUT2D eigenvalue weighted by Gasteiger charge is -2.07. The molecule has 0 aliphatic rings. The van der Waals surface area contributed by atoms with Crippen LogP contribution in [0, 0.1) is 5.82 Å². The molecule has 0 spiro atoms. The van der Waals surface area contributed by atoms with Crippen LogP contribution in [-0.2, 0) is 17.9 Å². The average Bonchev–Trinajstić information content (AvgIpc) is 2.89. The zero-order valence-electron chi connectivity index (χ0n) is 11.5. The van der Waals surface area contributed by atoms with Crippen LogP contribution < -0.4 is 11.1 Å². The van der Waals surface area contributed by atoms with Crippen molar-refractivity contribution < 1.29 is 9.18 Å². The Kier molecular flexibility index (Phi) is 5.29. The fourth-order valence-corrected chi connectivity index (χ4v) is 2.59. The number of halogens is 1. The summed E-state index contributed by atoms with van der Waals surface area (Å²) in [5.41, 5.74) is 5.73. The van der Waals surface area contributed by atoms with E-state index in [4.69, 9.17) is 5.73 Å². The molecule has 0 aliphatic heterocycles. The average molecular weight is 309 g/mol. The first-order valence-electron chi connectivity index (χ1n) is 6.45. The van der Waals surface area contributed by atoms with Gasteiger partial charge in [-0.1, -0.05) is 23.9 Å². The molecule has 0 bridgehead atoms. The topological polar surface area (TPSA) is 85.8 Å². The van der Waals surface area contributed by atoms with Gasteiger partial charge in [0.25, 0.3) is 0 Å². The Morgan fingerprint density at radius 2 is 2.19 bits per heavy atom. The first-order chi connectivity index (χ1) is 10.2. The summed E-state index contributed by atoms with van der Waals surface area (Å²) in [6, 6.07) is 6.04. The monoisotopic (exact) mass is 309 g/mol. The summed E-state index contributed by atoms with van der Waals surface area (Å²) >= 11 is 1.24. The van der Waals surface area contributed by atoms with Gasteiger partial charge in [-0.25, -0.2) is 4.39 Å². The summed E-state index contributed by atoms with van der Waals surface area (Å²) in [5.74, 6) is 0.0365. The first kappa shape index (κ1) is 15.5. The molecule has 0 aliphatic carbocycles. The van der Waals surface area contributed by atoms with Gasteiger partial charge in [-0.05, 0) is 19.1 Å². The summed E-state index contributed by atoms with van der Waals surface area (Å²) in [6.07, 6.45) is 0. The highest BCUT2D eigenvalue weighted by atomic mass is 32.2. The number of hydrogen-bond acceptors (Lipinski definition) is 5. The summed E-state index contributed by atoms with van der Waals surface area (Å²) in [7, 11) is 0. The minimum atomic E-state index is -0.460. The summed E-state index contributed by atoms with van der Waals surface area (Å²) in [6.45, 7) is 2.92. The molecule has 0 saturated carbocycles. The number of nitrogens with one attached hydrogen (secondary N) is 1. The number of para-hydroxylation sites is 1. The standard InChI is InChI=1S/C13H16FN5OS/c1-2-19-11(7-15)17-18-13(19)21-8-12(20)16-10-6-4-3-5-9(10)14/h3-6H,2,7-8,15H2,1H3,(H,16,20). The predicted molar refractivity (Wildman–Crippen MR) is 79.3 cm³/mol. The van der Waals surface area contributed by atoms with Crippen LogP contribution in [0.25, 0.3) is 0 Å². The molecular formula is C13H16FN5OS. The van der Waals surface area contributed by atoms with Gasteiger partial charge in [-0.15, -0.1) is 10.2 Å². The van der Waals surface area contributed by atoms with E-state index in [0.29, 0.717) is 24.1 Å². The molecule has 0 unspecified atom stereocenters. The first-order valence-corrected chi connectivity index (χ1v) is 7.43. The lowest BCUT2D eigenvalue weighted by molar-refractivity contribution is -0.113. The van der Waals surface area contributed by atoms with Gasteiger partial charge in [-0.2, -0.15) is 0 Å². The van der Waals surface area contributed by atoms with Gasteiger partial charge >= 0.3 is 0 Å². The molecule has 1 heterocycles. The van der Waals surface area contributed by atoms with E-state index < -0.39 is 5.82 Å². The van der Waals surface area contributed by atoms with Crippen LogP contribution in [-0.4, -0.2) is 26.4 Å². The third-order valence-corrected chi connectivity index (χ3v) is 3.74. The molecular weight excluding hydrogens is 293 g/mol. The highest BCUT2D eigenvalue weighted by Crippen LogP contribution is 2.18. The quantitative estimate of drug-likeness (QED) is 0.792. The van der Waals surface area contributed by atoms with Crippen molar-refractivity contribution in [2.24, 2.45) is 5.73 Å². The Morgan fingerprint density at radius 3 is 2.86 bits per heavy atom. The zero-order valence-corrected chi connectivity index (χ0v) is 12.4. The van der Waals surface area contributed by atoms with Crippen LogP contribution in [0.5, 0.6) is 0 Å². The Bertz CT molecular complexity index is 631. The maximum atomic E-state index is 13.4. The van der Waals surface area contributed by atoms with Crippen molar-refractivity contribution >= 4 is 23.4 Å². The van der Waals surface area contributed by atoms with Gasteiger partial charge < -0.3 is 15.6 Å². The van der Waals surface area contributed by atoms with E-state index in [1.165, 1.54) is 23.9 Å². The van der Waals surface area contributed by atoms with Crippen LogP contribution in [0.15, 0.2) is 29.4 Å². The molecule has 21 heavy (non-hydrogen) atoms. The van der Waals surface area contributed by atoms with Crippen LogP contribution in [0.4, 0.5) is 10.1 Å². The maximum Gasteiger partial charge on any atom is 0.234 e. The minimum absolute atomic E-state index is 0.122. The van der Waals surface area contributed by atoms with Gasteiger partial charge in [0.05, 0.1) is 18.0 Å². The lowest BCUT2D eigenvalue weighted by Crippen LogP contribution is -2.15. The van der Waals surface area contributed by atoms with Gasteiger partial charge in [0.2, 0.25) is 5.91 Å². The van der Waals surface area contributed by atoms with E-state index in [2.05, 4.69) is 15.5 Å². The number of thioether (sulfide) groups is 1. The molecule has 1 aromatic carbocycles. The third-order valence-electron chi connectivity index (χ3n) is 2.77. The molecule has 3 N–H and O–H groups in total. The molecule has 112 valence electrons. The van der Waals surface area contributed by atoms with Crippen LogP contribution in [0.1, 0.15) is 12.7 Å². The predicted octanol–water partition coefficient (Wildman–Crippen LogP) is 1.63. The lowest BCUT2D eigenvalue weighted by atomic mass is 10.3. The minimum Gasteiger partial charge on any atom is -0.324 e. The zero-order chi connectivity index (χ0) is 15.2. The number of nitrogens with two attached hydrogens (primary N) is 1. The Morgan fingerprint density at radius 1 is 1.43 bits per heavy atom. The summed E-state index contributed by atoms with van der Waals surface area (Å²) in [5, 5.41) is 11.1. The van der Waals surface area contributed by atoms with E-state index in [0.717, 1.165) is 0 Å². The van der Waals surface area contributed by atoms with Crippen molar-refractivity contribution in [3.63, 3.8) is 0 Å². The molecule has 8 heteroatoms. The van der Waals surface area contributed by atoms with Crippen molar-refractivity contribution in [1.29, 1.82) is 0 Å². The van der Waals surface area contributed by atoms with E-state index in [-0.39, 0.29) is 17.3 Å². The van der Waals surface area contributed by atoms with E-state index in [9.17, 15) is 9.18 Å². The maximum absolute atomic E-state index is 13.4. The number of hydrogen-bond donors (Lipinski definition) is 2. The number of aromatic nitrogens is 3. The molecule has 0 radical (unpaired) electrons. The van der Waals surface area contributed by atoms with Gasteiger partial charge in [-0.3, -0.25) is 4.79 Å². The van der Waals surface area contributed by atoms with Gasteiger partial charge in [0.1, 0.15) is 11.6 Å². The van der Waals surface area contributed by atoms with Gasteiger partial charge in [0.15, 0.2) is 5.16 Å². The van der Waals surface area contributed by atoms with Crippen LogP contribution >= 0.6 is 11.8 Å². The van der Waals surface area contributed by atoms with E-state index >= 15 is 0 Å². The number of anilines is 1. The SMILES string of the molecule is CCn1c(CN)nnc1SCC(=O)Nc1ccccc1F. The van der Waals surface area contributed by atoms with Crippen molar-refractivity contribution in [2.45, 2.75) is 25.2 Å². The molecule has 0 saturated heterocycles. The summed E-state index contributed by atoms with van der Waals surface area (Å²) < 4.78 is 15.3. The van der Waals surface area contributed by atoms with Crippen molar-refractivity contribution in [3.8, 4) is 0 Å². The Balaban J connectivity index is 1.95. The molecule has 2 aromatic rings. The fourth-order valence-electron chi connectivity index (χ4n) is 1.77. The number of benzene rings is 1. The second-order valence-corrected chi connectivity index (χ2v) is 5.11. The van der Waals surface area contributed by atoms with Crippen LogP contribution in [0.3, 0.4) is 0 Å². The number of carbonyl (C=O) groups is 1. The number of carbonyl (C=O) groups excluding carboxylic acids is 1. The molecule has 6 nitrogen and oxygen atoms in total. The molecule has 1 amide bonds. The van der Waals surface area contributed by atoms with Crippen molar-refractivity contribution in [1.82, 2.24) is 14.8 Å². The second kappa shape index (κ2) is 7.19.